The molecule has 104 valence electrons. The number of amidine groups is 1. The zero-order chi connectivity index (χ0) is 13.5. The number of rotatable bonds is 8. The van der Waals surface area contributed by atoms with Crippen molar-refractivity contribution in [2.75, 3.05) is 19.8 Å². The van der Waals surface area contributed by atoms with Gasteiger partial charge < -0.3 is 21.0 Å². The van der Waals surface area contributed by atoms with Gasteiger partial charge in [-0.15, -0.1) is 0 Å². The van der Waals surface area contributed by atoms with E-state index in [0.717, 1.165) is 24.6 Å². The van der Waals surface area contributed by atoms with Crippen LogP contribution in [0.1, 0.15) is 24.1 Å². The molecule has 0 radical (unpaired) electrons. The number of nitrogens with zero attached hydrogens (tertiary/aromatic N) is 2. The molecule has 1 aliphatic carbocycles. The first-order valence-electron chi connectivity index (χ1n) is 6.51. The molecule has 6 heteroatoms. The predicted octanol–water partition coefficient (Wildman–Crippen LogP) is 0.692. The van der Waals surface area contributed by atoms with Crippen LogP contribution in [0.2, 0.25) is 0 Å². The smallest absolute Gasteiger partial charge is 0.189 e. The van der Waals surface area contributed by atoms with Crippen LogP contribution in [0.15, 0.2) is 23.5 Å². The summed E-state index contributed by atoms with van der Waals surface area (Å²) in [5.74, 6) is 0.827. The number of oxime groups is 1. The van der Waals surface area contributed by atoms with Crippen LogP contribution in [0, 0.1) is 5.92 Å². The minimum absolute atomic E-state index is 0.0300. The van der Waals surface area contributed by atoms with Gasteiger partial charge in [0.1, 0.15) is 5.69 Å². The van der Waals surface area contributed by atoms with Crippen molar-refractivity contribution < 1.29 is 9.94 Å². The van der Waals surface area contributed by atoms with E-state index in [1.807, 2.05) is 12.1 Å². The largest absolute Gasteiger partial charge is 0.409 e. The van der Waals surface area contributed by atoms with Crippen LogP contribution in [0.5, 0.6) is 0 Å². The molecular weight excluding hydrogens is 244 g/mol. The van der Waals surface area contributed by atoms with Gasteiger partial charge in [-0.2, -0.15) is 0 Å². The number of ether oxygens (including phenoxy) is 1. The Morgan fingerprint density at radius 3 is 3.16 bits per heavy atom. The van der Waals surface area contributed by atoms with E-state index in [1.54, 1.807) is 6.20 Å². The Kier molecular flexibility index (Phi) is 5.11. The van der Waals surface area contributed by atoms with Crippen molar-refractivity contribution in [3.63, 3.8) is 0 Å². The molecule has 6 nitrogen and oxygen atoms in total. The lowest BCUT2D eigenvalue weighted by Gasteiger charge is -2.09. The van der Waals surface area contributed by atoms with E-state index in [9.17, 15) is 0 Å². The first-order valence-corrected chi connectivity index (χ1v) is 6.51. The lowest BCUT2D eigenvalue weighted by molar-refractivity contribution is 0.126. The summed E-state index contributed by atoms with van der Waals surface area (Å²) in [6.07, 6.45) is 4.24. The summed E-state index contributed by atoms with van der Waals surface area (Å²) in [5.41, 5.74) is 6.99. The Morgan fingerprint density at radius 2 is 2.42 bits per heavy atom. The van der Waals surface area contributed by atoms with E-state index in [4.69, 9.17) is 15.7 Å². The van der Waals surface area contributed by atoms with Crippen LogP contribution in [0.3, 0.4) is 0 Å². The highest BCUT2D eigenvalue weighted by molar-refractivity contribution is 5.96. The fourth-order valence-electron chi connectivity index (χ4n) is 1.76. The van der Waals surface area contributed by atoms with E-state index in [-0.39, 0.29) is 5.84 Å². The molecule has 1 heterocycles. The van der Waals surface area contributed by atoms with Crippen LogP contribution < -0.4 is 11.1 Å². The molecule has 0 saturated heterocycles. The van der Waals surface area contributed by atoms with Gasteiger partial charge in [0, 0.05) is 25.9 Å². The summed E-state index contributed by atoms with van der Waals surface area (Å²) >= 11 is 0. The van der Waals surface area contributed by atoms with Gasteiger partial charge in [-0.05, 0) is 30.4 Å². The zero-order valence-corrected chi connectivity index (χ0v) is 10.9. The molecule has 2 rings (SSSR count). The lowest BCUT2D eigenvalue weighted by atomic mass is 10.2. The molecule has 1 fully saturated rings. The highest BCUT2D eigenvalue weighted by Gasteiger charge is 2.20. The molecular formula is C13H20N4O2. The van der Waals surface area contributed by atoms with Gasteiger partial charge in [0.25, 0.3) is 0 Å². The first-order chi connectivity index (χ1) is 9.31. The Balaban J connectivity index is 1.72. The van der Waals surface area contributed by atoms with E-state index < -0.39 is 0 Å². The molecule has 0 aliphatic heterocycles. The highest BCUT2D eigenvalue weighted by Crippen LogP contribution is 2.28. The average molecular weight is 264 g/mol. The van der Waals surface area contributed by atoms with E-state index in [0.29, 0.717) is 18.8 Å². The number of hydrogen-bond acceptors (Lipinski definition) is 5. The topological polar surface area (TPSA) is 92.8 Å². The highest BCUT2D eigenvalue weighted by atomic mass is 16.5. The third-order valence-corrected chi connectivity index (χ3v) is 3.03. The number of nitrogens with two attached hydrogens (primary N) is 1. The quantitative estimate of drug-likeness (QED) is 0.211. The average Bonchev–Trinajstić information content (AvgIpc) is 3.26. The number of pyridine rings is 1. The van der Waals surface area contributed by atoms with Crippen molar-refractivity contribution >= 4 is 5.84 Å². The van der Waals surface area contributed by atoms with Crippen LogP contribution in [0.25, 0.3) is 0 Å². The molecule has 1 aromatic heterocycles. The minimum Gasteiger partial charge on any atom is -0.409 e. The van der Waals surface area contributed by atoms with Gasteiger partial charge in [-0.3, -0.25) is 4.98 Å². The monoisotopic (exact) mass is 264 g/mol. The molecule has 4 N–H and O–H groups in total. The Labute approximate surface area is 112 Å². The Hall–Kier alpha value is -1.66. The standard InChI is InChI=1S/C13H20N4O2/c14-13(17-18)12-11(2-1-5-16-12)8-15-6-7-19-9-10-3-4-10/h1-2,5,10,15,18H,3-4,6-9H2,(H2,14,17). The maximum Gasteiger partial charge on any atom is 0.189 e. The third kappa shape index (κ3) is 4.50. The fourth-order valence-corrected chi connectivity index (χ4v) is 1.76. The number of nitrogens with one attached hydrogen (secondary N) is 1. The second-order valence-corrected chi connectivity index (χ2v) is 4.69. The van der Waals surface area contributed by atoms with Crippen molar-refractivity contribution in [1.82, 2.24) is 10.3 Å². The van der Waals surface area contributed by atoms with Gasteiger partial charge in [-0.25, -0.2) is 0 Å². The summed E-state index contributed by atoms with van der Waals surface area (Å²) in [5, 5.41) is 14.9. The molecule has 1 aliphatic rings. The SMILES string of the molecule is N/C(=N/O)c1ncccc1CNCCOCC1CC1. The summed E-state index contributed by atoms with van der Waals surface area (Å²) in [6.45, 7) is 2.98. The van der Waals surface area contributed by atoms with E-state index >= 15 is 0 Å². The molecule has 0 unspecified atom stereocenters. The van der Waals surface area contributed by atoms with Crippen LogP contribution in [-0.4, -0.2) is 35.8 Å². The molecule has 1 aromatic rings. The Bertz CT molecular complexity index is 432. The summed E-state index contributed by atoms with van der Waals surface area (Å²) in [4.78, 5) is 4.11. The van der Waals surface area contributed by atoms with Crippen LogP contribution in [-0.2, 0) is 11.3 Å². The molecule has 0 aromatic carbocycles. The van der Waals surface area contributed by atoms with Gasteiger partial charge in [0.05, 0.1) is 6.61 Å². The van der Waals surface area contributed by atoms with Gasteiger partial charge in [0.2, 0.25) is 0 Å². The predicted molar refractivity (Wildman–Crippen MR) is 72.0 cm³/mol. The molecule has 0 amide bonds. The van der Waals surface area contributed by atoms with Gasteiger partial charge >= 0.3 is 0 Å². The van der Waals surface area contributed by atoms with E-state index in [2.05, 4.69) is 15.5 Å². The maximum absolute atomic E-state index is 8.69. The molecule has 0 spiro atoms. The maximum atomic E-state index is 8.69. The van der Waals surface area contributed by atoms with Gasteiger partial charge in [0.15, 0.2) is 5.84 Å². The Morgan fingerprint density at radius 1 is 1.58 bits per heavy atom. The number of aromatic nitrogens is 1. The zero-order valence-electron chi connectivity index (χ0n) is 10.9. The van der Waals surface area contributed by atoms with E-state index in [1.165, 1.54) is 12.8 Å². The number of hydrogen-bond donors (Lipinski definition) is 3. The second-order valence-electron chi connectivity index (χ2n) is 4.69. The molecule has 0 atom stereocenters. The van der Waals surface area contributed by atoms with Crippen molar-refractivity contribution in [2.24, 2.45) is 16.8 Å². The van der Waals surface area contributed by atoms with Crippen molar-refractivity contribution in [1.29, 1.82) is 0 Å². The summed E-state index contributed by atoms with van der Waals surface area (Å²) in [7, 11) is 0. The van der Waals surface area contributed by atoms with Gasteiger partial charge in [-0.1, -0.05) is 11.2 Å². The first kappa shape index (κ1) is 13.8. The lowest BCUT2D eigenvalue weighted by Crippen LogP contribution is -2.23. The van der Waals surface area contributed by atoms with Crippen LogP contribution in [0.4, 0.5) is 0 Å². The molecule has 1 saturated carbocycles. The van der Waals surface area contributed by atoms with Crippen molar-refractivity contribution in [2.45, 2.75) is 19.4 Å². The van der Waals surface area contributed by atoms with Crippen molar-refractivity contribution in [3.05, 3.63) is 29.6 Å². The molecule has 0 bridgehead atoms. The van der Waals surface area contributed by atoms with Crippen molar-refractivity contribution in [3.8, 4) is 0 Å². The minimum atomic E-state index is 0.0300. The fraction of sp³-hybridized carbons (Fsp3) is 0.538. The summed E-state index contributed by atoms with van der Waals surface area (Å²) in [6, 6.07) is 3.73. The third-order valence-electron chi connectivity index (χ3n) is 3.03. The van der Waals surface area contributed by atoms with Crippen LogP contribution >= 0.6 is 0 Å². The normalized spacial score (nSPS) is 15.7. The summed E-state index contributed by atoms with van der Waals surface area (Å²) < 4.78 is 5.53. The molecule has 19 heavy (non-hydrogen) atoms. The second kappa shape index (κ2) is 7.06.